The van der Waals surface area contributed by atoms with Gasteiger partial charge in [0.2, 0.25) is 11.8 Å². The summed E-state index contributed by atoms with van der Waals surface area (Å²) in [6.07, 6.45) is 4.08. The Kier molecular flexibility index (Phi) is 5.46. The Labute approximate surface area is 207 Å². The van der Waals surface area contributed by atoms with Crippen LogP contribution < -0.4 is 9.47 Å². The predicted octanol–water partition coefficient (Wildman–Crippen LogP) is 7.49. The maximum Gasteiger partial charge on any atom is 0.227 e. The van der Waals surface area contributed by atoms with Crippen molar-refractivity contribution < 1.29 is 18.3 Å². The fraction of sp³-hybridized carbons (Fsp3) is 0.0667. The van der Waals surface area contributed by atoms with Gasteiger partial charge in [-0.2, -0.15) is 0 Å². The topological polar surface area (TPSA) is 70.5 Å². The Hall–Kier alpha value is -4.84. The molecule has 0 bridgehead atoms. The molecule has 0 atom stereocenters. The minimum absolute atomic E-state index is 0.581. The molecule has 0 amide bonds. The molecule has 2 aromatic heterocycles. The second kappa shape index (κ2) is 9.07. The molecule has 4 aromatic carbocycles. The molecule has 0 aliphatic carbocycles. The van der Waals surface area contributed by atoms with Crippen LogP contribution in [0.25, 0.3) is 57.3 Å². The van der Waals surface area contributed by atoms with E-state index in [-0.39, 0.29) is 0 Å². The first-order chi connectivity index (χ1) is 17.7. The molecule has 0 spiro atoms. The minimum Gasteiger partial charge on any atom is -0.497 e. The van der Waals surface area contributed by atoms with Gasteiger partial charge in [-0.1, -0.05) is 24.3 Å². The largest absolute Gasteiger partial charge is 0.497 e. The Morgan fingerprint density at radius 3 is 1.36 bits per heavy atom. The molecule has 2 heterocycles. The summed E-state index contributed by atoms with van der Waals surface area (Å²) in [6.45, 7) is 0. The summed E-state index contributed by atoms with van der Waals surface area (Å²) in [7, 11) is 3.29. The average Bonchev–Trinajstić information content (AvgIpc) is 3.56. The lowest BCUT2D eigenvalue weighted by Gasteiger charge is -1.99. The first kappa shape index (κ1) is 21.7. The van der Waals surface area contributed by atoms with E-state index in [1.807, 2.05) is 97.1 Å². The van der Waals surface area contributed by atoms with Crippen LogP contribution in [0.15, 0.2) is 93.8 Å². The molecule has 0 radical (unpaired) electrons. The second-order valence-electron chi connectivity index (χ2n) is 8.28. The van der Waals surface area contributed by atoms with E-state index >= 15 is 0 Å². The summed E-state index contributed by atoms with van der Waals surface area (Å²) in [5, 5.41) is 0. The van der Waals surface area contributed by atoms with E-state index < -0.39 is 0 Å². The van der Waals surface area contributed by atoms with E-state index in [1.165, 1.54) is 0 Å². The maximum atomic E-state index is 6.02. The van der Waals surface area contributed by atoms with E-state index in [0.29, 0.717) is 11.8 Å². The van der Waals surface area contributed by atoms with Crippen LogP contribution in [0, 0.1) is 0 Å². The Balaban J connectivity index is 1.24. The average molecular weight is 475 g/mol. The zero-order valence-corrected chi connectivity index (χ0v) is 19.8. The van der Waals surface area contributed by atoms with Gasteiger partial charge in [0, 0.05) is 11.1 Å². The highest BCUT2D eigenvalue weighted by molar-refractivity contribution is 5.84. The molecular weight excluding hydrogens is 452 g/mol. The van der Waals surface area contributed by atoms with Crippen LogP contribution in [0.3, 0.4) is 0 Å². The number of rotatable bonds is 6. The van der Waals surface area contributed by atoms with Crippen LogP contribution in [0.4, 0.5) is 0 Å². The molecule has 0 aliphatic heterocycles. The van der Waals surface area contributed by atoms with Crippen LogP contribution in [0.5, 0.6) is 11.5 Å². The van der Waals surface area contributed by atoms with Gasteiger partial charge in [-0.3, -0.25) is 0 Å². The summed E-state index contributed by atoms with van der Waals surface area (Å²) in [5.41, 5.74) is 6.92. The monoisotopic (exact) mass is 474 g/mol. The van der Waals surface area contributed by atoms with Gasteiger partial charge in [-0.15, -0.1) is 0 Å². The van der Waals surface area contributed by atoms with E-state index in [0.717, 1.165) is 56.0 Å². The van der Waals surface area contributed by atoms with Crippen LogP contribution in [0.2, 0.25) is 0 Å². The van der Waals surface area contributed by atoms with Gasteiger partial charge in [0.05, 0.1) is 14.2 Å². The summed E-state index contributed by atoms with van der Waals surface area (Å²) in [4.78, 5) is 9.22. The second-order valence-corrected chi connectivity index (χ2v) is 8.28. The summed E-state index contributed by atoms with van der Waals surface area (Å²) in [5.74, 6) is 2.75. The third-order valence-corrected chi connectivity index (χ3v) is 5.97. The smallest absolute Gasteiger partial charge is 0.227 e. The van der Waals surface area contributed by atoms with Crippen molar-refractivity contribution in [1.29, 1.82) is 0 Å². The third-order valence-electron chi connectivity index (χ3n) is 5.97. The molecule has 6 rings (SSSR count). The number of fused-ring (bicyclic) bond motifs is 2. The zero-order chi connectivity index (χ0) is 24.5. The summed E-state index contributed by atoms with van der Waals surface area (Å²) < 4.78 is 22.5. The van der Waals surface area contributed by atoms with Crippen LogP contribution in [-0.2, 0) is 0 Å². The molecule has 0 aliphatic rings. The van der Waals surface area contributed by atoms with Crippen molar-refractivity contribution in [3.63, 3.8) is 0 Å². The van der Waals surface area contributed by atoms with Gasteiger partial charge in [-0.05, 0) is 83.9 Å². The number of aromatic nitrogens is 2. The highest BCUT2D eigenvalue weighted by Crippen LogP contribution is 2.29. The number of hydrogen-bond donors (Lipinski definition) is 0. The fourth-order valence-corrected chi connectivity index (χ4v) is 4.00. The zero-order valence-electron chi connectivity index (χ0n) is 19.8. The van der Waals surface area contributed by atoms with Crippen molar-refractivity contribution in [3.8, 4) is 34.4 Å². The van der Waals surface area contributed by atoms with Crippen LogP contribution >= 0.6 is 0 Å². The maximum absolute atomic E-state index is 6.02. The van der Waals surface area contributed by atoms with Gasteiger partial charge in [0.15, 0.2) is 11.2 Å². The minimum atomic E-state index is 0.581. The van der Waals surface area contributed by atoms with Crippen molar-refractivity contribution in [2.45, 2.75) is 0 Å². The fourth-order valence-electron chi connectivity index (χ4n) is 4.00. The van der Waals surface area contributed by atoms with E-state index in [9.17, 15) is 0 Å². The quantitative estimate of drug-likeness (QED) is 0.233. The SMILES string of the molecule is COc1ccc(-c2nc3ccc(C=Cc4ccc5nc(-c6ccc(OC)cc6)oc5c4)cc3o2)cc1. The standard InChI is InChI=1S/C30H22N2O4/c1-33-23-11-7-21(8-12-23)29-31-25-15-5-19(17-27(25)35-29)3-4-20-6-16-26-28(18-20)36-30(32-26)22-9-13-24(34-2)14-10-22/h3-18H,1-2H3. The highest BCUT2D eigenvalue weighted by Gasteiger charge is 2.10. The van der Waals surface area contributed by atoms with Gasteiger partial charge in [-0.25, -0.2) is 9.97 Å². The van der Waals surface area contributed by atoms with Crippen molar-refractivity contribution in [2.75, 3.05) is 14.2 Å². The Bertz CT molecular complexity index is 1570. The molecule has 6 aromatic rings. The molecule has 6 nitrogen and oxygen atoms in total. The van der Waals surface area contributed by atoms with Gasteiger partial charge in [0.1, 0.15) is 22.5 Å². The molecule has 0 fully saturated rings. The first-order valence-corrected chi connectivity index (χ1v) is 11.5. The Morgan fingerprint density at radius 2 is 0.972 bits per heavy atom. The lowest BCUT2D eigenvalue weighted by atomic mass is 10.1. The van der Waals surface area contributed by atoms with E-state index in [4.69, 9.17) is 18.3 Å². The summed E-state index contributed by atoms with van der Waals surface area (Å²) in [6, 6.07) is 27.3. The molecular formula is C30H22N2O4. The van der Waals surface area contributed by atoms with Crippen molar-refractivity contribution >= 4 is 34.4 Å². The lowest BCUT2D eigenvalue weighted by molar-refractivity contribution is 0.414. The van der Waals surface area contributed by atoms with E-state index in [1.54, 1.807) is 14.2 Å². The number of nitrogens with zero attached hydrogens (tertiary/aromatic N) is 2. The Morgan fingerprint density at radius 1 is 0.556 bits per heavy atom. The summed E-state index contributed by atoms with van der Waals surface area (Å²) >= 11 is 0. The third kappa shape index (κ3) is 4.20. The van der Waals surface area contributed by atoms with Gasteiger partial charge >= 0.3 is 0 Å². The number of benzene rings is 4. The number of ether oxygens (including phenoxy) is 2. The normalized spacial score (nSPS) is 11.5. The molecule has 0 unspecified atom stereocenters. The van der Waals surface area contributed by atoms with E-state index in [2.05, 4.69) is 9.97 Å². The molecule has 0 saturated carbocycles. The van der Waals surface area contributed by atoms with Crippen LogP contribution in [0.1, 0.15) is 11.1 Å². The van der Waals surface area contributed by atoms with Gasteiger partial charge in [0.25, 0.3) is 0 Å². The molecule has 36 heavy (non-hydrogen) atoms. The predicted molar refractivity (Wildman–Crippen MR) is 141 cm³/mol. The first-order valence-electron chi connectivity index (χ1n) is 11.5. The molecule has 0 saturated heterocycles. The molecule has 176 valence electrons. The number of oxazole rings is 2. The number of hydrogen-bond acceptors (Lipinski definition) is 6. The van der Waals surface area contributed by atoms with Crippen molar-refractivity contribution in [2.24, 2.45) is 0 Å². The molecule has 6 heteroatoms. The number of methoxy groups -OCH3 is 2. The van der Waals surface area contributed by atoms with Crippen molar-refractivity contribution in [3.05, 3.63) is 96.1 Å². The highest BCUT2D eigenvalue weighted by atomic mass is 16.5. The van der Waals surface area contributed by atoms with Crippen molar-refractivity contribution in [1.82, 2.24) is 9.97 Å². The molecule has 0 N–H and O–H groups in total. The van der Waals surface area contributed by atoms with Crippen LogP contribution in [-0.4, -0.2) is 24.2 Å². The lowest BCUT2D eigenvalue weighted by Crippen LogP contribution is -1.82. The van der Waals surface area contributed by atoms with Gasteiger partial charge < -0.3 is 18.3 Å².